The van der Waals surface area contributed by atoms with Crippen LogP contribution >= 0.6 is 0 Å². The maximum absolute atomic E-state index is 12.6. The topological polar surface area (TPSA) is 133 Å². The zero-order valence-electron chi connectivity index (χ0n) is 16.5. The lowest BCUT2D eigenvalue weighted by Gasteiger charge is -2.33. The third kappa shape index (κ3) is 4.18. The fourth-order valence-electron chi connectivity index (χ4n) is 3.63. The maximum atomic E-state index is 12.6. The van der Waals surface area contributed by atoms with Crippen LogP contribution < -0.4 is 5.43 Å². The summed E-state index contributed by atoms with van der Waals surface area (Å²) in [5.41, 5.74) is 3.10. The predicted molar refractivity (Wildman–Crippen MR) is 102 cm³/mol. The van der Waals surface area contributed by atoms with E-state index >= 15 is 0 Å². The van der Waals surface area contributed by atoms with E-state index in [0.29, 0.717) is 24.3 Å². The molecule has 0 aliphatic carbocycles. The molecular weight excluding hydrogens is 394 g/mol. The Morgan fingerprint density at radius 2 is 1.83 bits per heavy atom. The van der Waals surface area contributed by atoms with Gasteiger partial charge in [0.05, 0.1) is 17.7 Å². The molecule has 3 amide bonds. The van der Waals surface area contributed by atoms with Crippen LogP contribution in [-0.2, 0) is 19.1 Å². The summed E-state index contributed by atoms with van der Waals surface area (Å²) in [5, 5.41) is 10.9. The first-order valence-electron chi connectivity index (χ1n) is 9.78. The van der Waals surface area contributed by atoms with Gasteiger partial charge in [0.25, 0.3) is 11.8 Å². The van der Waals surface area contributed by atoms with Crippen molar-refractivity contribution in [1.82, 2.24) is 15.3 Å². The lowest BCUT2D eigenvalue weighted by molar-refractivity contribution is -0.151. The van der Waals surface area contributed by atoms with Gasteiger partial charge in [0.15, 0.2) is 0 Å². The number of benzene rings is 1. The fourth-order valence-corrected chi connectivity index (χ4v) is 3.63. The van der Waals surface area contributed by atoms with Crippen molar-refractivity contribution >= 4 is 29.7 Å². The van der Waals surface area contributed by atoms with Crippen LogP contribution in [0, 0.1) is 0 Å². The molecule has 1 aromatic carbocycles. The first-order valence-corrected chi connectivity index (χ1v) is 9.78. The zero-order valence-corrected chi connectivity index (χ0v) is 16.5. The standard InChI is InChI=1S/C20H23N3O7/c1-2-30-20(29)14-8-5-11-22(21-14)16(24)10-9-15(19(27)28)23-17(25)12-6-3-4-7-13(12)18(23)26/h3-4,6-7,14-15,21H,2,5,8-11H2,1H3,(H,27,28)/t14?,15-/m0/s1. The molecule has 2 aliphatic heterocycles. The largest absolute Gasteiger partial charge is 0.480 e. The Kier molecular flexibility index (Phi) is 6.46. The summed E-state index contributed by atoms with van der Waals surface area (Å²) in [6.45, 7) is 2.28. The van der Waals surface area contributed by atoms with Crippen molar-refractivity contribution in [3.63, 3.8) is 0 Å². The molecule has 1 saturated heterocycles. The number of carboxylic acids is 1. The van der Waals surface area contributed by atoms with Gasteiger partial charge in [-0.15, -0.1) is 0 Å². The second-order valence-electron chi connectivity index (χ2n) is 7.04. The lowest BCUT2D eigenvalue weighted by Crippen LogP contribution is -2.55. The number of carboxylic acid groups (broad SMARTS) is 1. The second kappa shape index (κ2) is 9.04. The van der Waals surface area contributed by atoms with Crippen molar-refractivity contribution in [2.75, 3.05) is 13.2 Å². The smallest absolute Gasteiger partial charge is 0.326 e. The monoisotopic (exact) mass is 417 g/mol. The van der Waals surface area contributed by atoms with Crippen molar-refractivity contribution in [2.45, 2.75) is 44.7 Å². The Hall–Kier alpha value is -3.27. The number of esters is 1. The first kappa shape index (κ1) is 21.4. The number of amides is 3. The Bertz CT molecular complexity index is 850. The number of carbonyl (C=O) groups excluding carboxylic acids is 4. The van der Waals surface area contributed by atoms with Crippen LogP contribution in [0.3, 0.4) is 0 Å². The Morgan fingerprint density at radius 3 is 2.40 bits per heavy atom. The molecule has 0 bridgehead atoms. The van der Waals surface area contributed by atoms with E-state index in [4.69, 9.17) is 4.74 Å². The van der Waals surface area contributed by atoms with Gasteiger partial charge < -0.3 is 9.84 Å². The van der Waals surface area contributed by atoms with Crippen molar-refractivity contribution in [3.8, 4) is 0 Å². The van der Waals surface area contributed by atoms with E-state index in [9.17, 15) is 29.1 Å². The molecule has 2 N–H and O–H groups in total. The van der Waals surface area contributed by atoms with Gasteiger partial charge in [-0.2, -0.15) is 0 Å². The molecule has 0 radical (unpaired) electrons. The highest BCUT2D eigenvalue weighted by molar-refractivity contribution is 6.22. The van der Waals surface area contributed by atoms with Gasteiger partial charge in [0.1, 0.15) is 12.1 Å². The van der Waals surface area contributed by atoms with Gasteiger partial charge in [-0.3, -0.25) is 29.1 Å². The van der Waals surface area contributed by atoms with Gasteiger partial charge in [-0.05, 0) is 38.3 Å². The van der Waals surface area contributed by atoms with Crippen molar-refractivity contribution in [1.29, 1.82) is 0 Å². The molecule has 3 rings (SSSR count). The fraction of sp³-hybridized carbons (Fsp3) is 0.450. The third-order valence-electron chi connectivity index (χ3n) is 5.11. The molecule has 0 aromatic heterocycles. The molecule has 2 aliphatic rings. The number of imide groups is 1. The summed E-state index contributed by atoms with van der Waals surface area (Å²) < 4.78 is 4.96. The molecule has 1 unspecified atom stereocenters. The number of rotatable bonds is 7. The lowest BCUT2D eigenvalue weighted by atomic mass is 10.1. The van der Waals surface area contributed by atoms with Crippen molar-refractivity contribution < 1.29 is 33.8 Å². The average molecular weight is 417 g/mol. The van der Waals surface area contributed by atoms with E-state index < -0.39 is 41.7 Å². The molecule has 10 nitrogen and oxygen atoms in total. The summed E-state index contributed by atoms with van der Waals surface area (Å²) in [6, 6.07) is 4.00. The van der Waals surface area contributed by atoms with Crippen LogP contribution in [0.2, 0.25) is 0 Å². The molecule has 1 aromatic rings. The van der Waals surface area contributed by atoms with Crippen molar-refractivity contribution in [2.24, 2.45) is 0 Å². The minimum atomic E-state index is -1.47. The highest BCUT2D eigenvalue weighted by Crippen LogP contribution is 2.26. The summed E-state index contributed by atoms with van der Waals surface area (Å²) >= 11 is 0. The van der Waals surface area contributed by atoms with Crippen LogP contribution in [0.15, 0.2) is 24.3 Å². The molecule has 1 fully saturated rings. The number of nitrogens with zero attached hydrogens (tertiary/aromatic N) is 2. The van der Waals surface area contributed by atoms with Crippen molar-refractivity contribution in [3.05, 3.63) is 35.4 Å². The number of ether oxygens (including phenoxy) is 1. The quantitative estimate of drug-likeness (QED) is 0.486. The minimum absolute atomic E-state index is 0.148. The average Bonchev–Trinajstić information content (AvgIpc) is 2.99. The van der Waals surface area contributed by atoms with E-state index in [-0.39, 0.29) is 30.6 Å². The number of hydrazine groups is 1. The van der Waals surface area contributed by atoms with E-state index in [1.807, 2.05) is 0 Å². The Morgan fingerprint density at radius 1 is 1.20 bits per heavy atom. The van der Waals surface area contributed by atoms with Crippen LogP contribution in [-0.4, -0.2) is 69.9 Å². The van der Waals surface area contributed by atoms with Gasteiger partial charge in [0.2, 0.25) is 5.91 Å². The molecule has 0 saturated carbocycles. The molecule has 30 heavy (non-hydrogen) atoms. The van der Waals surface area contributed by atoms with Crippen LogP contribution in [0.5, 0.6) is 0 Å². The number of hydrogen-bond acceptors (Lipinski definition) is 7. The summed E-state index contributed by atoms with van der Waals surface area (Å²) in [7, 11) is 0. The Balaban J connectivity index is 1.65. The molecule has 160 valence electrons. The van der Waals surface area contributed by atoms with Gasteiger partial charge in [0, 0.05) is 13.0 Å². The highest BCUT2D eigenvalue weighted by Gasteiger charge is 2.43. The first-order chi connectivity index (χ1) is 14.3. The van der Waals surface area contributed by atoms with Gasteiger partial charge >= 0.3 is 11.9 Å². The molecule has 10 heteroatoms. The normalized spacial score (nSPS) is 19.4. The Labute approximate surface area is 172 Å². The van der Waals surface area contributed by atoms with E-state index in [2.05, 4.69) is 5.43 Å². The van der Waals surface area contributed by atoms with Gasteiger partial charge in [-0.25, -0.2) is 10.2 Å². The summed E-state index contributed by atoms with van der Waals surface area (Å²) in [4.78, 5) is 62.1. The molecule has 2 heterocycles. The number of nitrogens with one attached hydrogen (secondary N) is 1. The zero-order chi connectivity index (χ0) is 21.8. The van der Waals surface area contributed by atoms with Gasteiger partial charge in [-0.1, -0.05) is 12.1 Å². The molecular formula is C20H23N3O7. The number of aliphatic carboxylic acids is 1. The number of fused-ring (bicyclic) bond motifs is 1. The van der Waals surface area contributed by atoms with Crippen LogP contribution in [0.1, 0.15) is 53.3 Å². The summed E-state index contributed by atoms with van der Waals surface area (Å²) in [5.74, 6) is -3.62. The van der Waals surface area contributed by atoms with E-state index in [0.717, 1.165) is 0 Å². The van der Waals surface area contributed by atoms with E-state index in [1.165, 1.54) is 17.1 Å². The maximum Gasteiger partial charge on any atom is 0.326 e. The molecule has 2 atom stereocenters. The van der Waals surface area contributed by atoms with Crippen LogP contribution in [0.4, 0.5) is 0 Å². The van der Waals surface area contributed by atoms with Crippen LogP contribution in [0.25, 0.3) is 0 Å². The number of hydrogen-bond donors (Lipinski definition) is 2. The SMILES string of the molecule is CCOC(=O)C1CCCN(C(=O)CC[C@@H](C(=O)O)N2C(=O)c3ccccc3C2=O)N1. The predicted octanol–water partition coefficient (Wildman–Crippen LogP) is 0.575. The second-order valence-corrected chi connectivity index (χ2v) is 7.04. The molecule has 0 spiro atoms. The van der Waals surface area contributed by atoms with E-state index in [1.54, 1.807) is 19.1 Å². The minimum Gasteiger partial charge on any atom is -0.480 e. The third-order valence-corrected chi connectivity index (χ3v) is 5.11. The number of carbonyl (C=O) groups is 5. The summed E-state index contributed by atoms with van der Waals surface area (Å²) in [6.07, 6.45) is 0.660. The highest BCUT2D eigenvalue weighted by atomic mass is 16.5.